The molecule has 3 fully saturated rings. The molecule has 0 aliphatic carbocycles. The van der Waals surface area contributed by atoms with Crippen LogP contribution in [0, 0.1) is 0 Å². The molecule has 0 bridgehead atoms. The van der Waals surface area contributed by atoms with Gasteiger partial charge in [-0.2, -0.15) is 0 Å². The number of methoxy groups -OCH3 is 2. The number of anilines is 3. The molecule has 6 aromatic rings. The number of benzene rings is 6. The molecule has 9 rings (SSSR count). The molecule has 3 aliphatic rings. The molecule has 1 amide bonds. The Morgan fingerprint density at radius 2 is 0.785 bits per heavy atom. The first-order valence-electron chi connectivity index (χ1n) is 30.7. The Morgan fingerprint density at radius 3 is 1.10 bits per heavy atom. The van der Waals surface area contributed by atoms with Crippen molar-refractivity contribution in [3.63, 3.8) is 0 Å². The summed E-state index contributed by atoms with van der Waals surface area (Å²) >= 11 is 0. The minimum Gasteiger partial charge on any atom is -1.00 e. The SMILES string of the molecule is CC(C)Oc1ccc(C=O)cc1.CC(C)Oc1ccc(CN2CCN(c3ccccc3/C=C/C(=O)NO)CC2)cc1.COC(=O)/C=C/c1ccccc1N1CCCCC1.COC(=O)/C=C/c1ccccc1N1CCN(Cc2ccc(OC(C)C)cc2)CC1.NO.[Cl-].[Na+].[OH-]. The minimum absolute atomic E-state index is 0. The standard InChI is InChI=1S/C24H30N2O3.C23H29N3O3.C15H19NO2.C10H12O2.ClH.H3NO.Na.H2O/c1-19(2)29-22-11-8-20(9-12-22)18-25-14-16-26(17-15-25)23-7-5-4-6-21(23)10-13-24(27)28-3;1-18(2)29-21-10-7-19(8-11-21)17-25-13-15-26(16-14-25)22-6-4-3-5-20(22)9-12-23(27)24-28;1-18-15(17)10-9-13-7-3-4-8-14(13)16-11-5-2-6-12-16;1-8(2)12-10-5-3-9(7-11)4-6-10;;1-2;;/h4-13,19H,14-18H2,1-3H3;3-12,18,28H,13-17H2,1-2H3,(H,24,27);3-4,7-10H,2,5-6,11-12H2,1H3;3-8H,1-2H3;1H;2H,1H2;;1H2/q;;;;;;+1;/p-2/b13-10+;12-9+;10-9+;;;;;. The summed E-state index contributed by atoms with van der Waals surface area (Å²) in [6.45, 7) is 23.8. The second-order valence-corrected chi connectivity index (χ2v) is 22.2. The van der Waals surface area contributed by atoms with Crippen molar-refractivity contribution in [1.82, 2.24) is 15.3 Å². The van der Waals surface area contributed by atoms with Gasteiger partial charge in [-0.3, -0.25) is 24.6 Å². The van der Waals surface area contributed by atoms with Crippen molar-refractivity contribution in [2.24, 2.45) is 5.90 Å². The summed E-state index contributed by atoms with van der Waals surface area (Å²) in [6, 6.07) is 48.2. The molecule has 93 heavy (non-hydrogen) atoms. The van der Waals surface area contributed by atoms with Crippen molar-refractivity contribution in [2.45, 2.75) is 92.2 Å². The fourth-order valence-corrected chi connectivity index (χ4v) is 10.1. The van der Waals surface area contributed by atoms with Crippen LogP contribution in [0.15, 0.2) is 164 Å². The van der Waals surface area contributed by atoms with E-state index in [1.807, 2.05) is 120 Å². The molecule has 3 saturated heterocycles. The molecule has 0 radical (unpaired) electrons. The maximum absolute atomic E-state index is 11.4. The largest absolute Gasteiger partial charge is 1.00 e. The Hall–Kier alpha value is -7.53. The van der Waals surface area contributed by atoms with E-state index in [1.54, 1.807) is 35.8 Å². The zero-order chi connectivity index (χ0) is 65.0. The van der Waals surface area contributed by atoms with Gasteiger partial charge in [-0.15, -0.1) is 0 Å². The van der Waals surface area contributed by atoms with Gasteiger partial charge < -0.3 is 61.5 Å². The fraction of sp³-hybridized carbons (Fsp3) is 0.361. The number of para-hydroxylation sites is 3. The summed E-state index contributed by atoms with van der Waals surface area (Å²) in [5.41, 5.74) is 11.4. The predicted octanol–water partition coefficient (Wildman–Crippen LogP) is 5.61. The second kappa shape index (κ2) is 45.7. The van der Waals surface area contributed by atoms with Crippen LogP contribution in [-0.4, -0.2) is 148 Å². The minimum atomic E-state index is -0.533. The molecule has 6 aromatic carbocycles. The van der Waals surface area contributed by atoms with Crippen LogP contribution in [0.3, 0.4) is 0 Å². The second-order valence-electron chi connectivity index (χ2n) is 22.2. The van der Waals surface area contributed by atoms with Gasteiger partial charge in [0, 0.05) is 119 Å². The third-order valence-corrected chi connectivity index (χ3v) is 14.4. The molecule has 0 atom stereocenters. The molecular weight excluding hydrogens is 1210 g/mol. The number of piperazine rings is 2. The van der Waals surface area contributed by atoms with E-state index in [-0.39, 0.29) is 77.7 Å². The van der Waals surface area contributed by atoms with Crippen molar-refractivity contribution < 1.29 is 101 Å². The normalized spacial score (nSPS) is 13.8. The van der Waals surface area contributed by atoms with Gasteiger partial charge in [-0.25, -0.2) is 21.0 Å². The molecule has 3 aliphatic heterocycles. The van der Waals surface area contributed by atoms with Crippen molar-refractivity contribution >= 4 is 59.4 Å². The fourth-order valence-electron chi connectivity index (χ4n) is 10.1. The summed E-state index contributed by atoms with van der Waals surface area (Å²) < 4.78 is 26.1. The van der Waals surface area contributed by atoms with Gasteiger partial charge in [0.1, 0.15) is 23.5 Å². The number of piperidine rings is 1. The van der Waals surface area contributed by atoms with E-state index in [0.717, 1.165) is 130 Å². The number of esters is 2. The number of hydrogen-bond donors (Lipinski definition) is 4. The zero-order valence-electron chi connectivity index (χ0n) is 55.4. The Labute approximate surface area is 578 Å². The van der Waals surface area contributed by atoms with Crippen LogP contribution in [0.2, 0.25) is 0 Å². The van der Waals surface area contributed by atoms with Crippen LogP contribution in [-0.2, 0) is 36.9 Å². The Balaban J connectivity index is 0.000000433. The first-order valence-corrected chi connectivity index (χ1v) is 30.7. The average Bonchev–Trinajstić information content (AvgIpc) is 1.41. The first-order chi connectivity index (χ1) is 43.6. The van der Waals surface area contributed by atoms with E-state index in [2.05, 4.69) is 89.7 Å². The molecule has 21 heteroatoms. The Morgan fingerprint density at radius 1 is 0.473 bits per heavy atom. The number of rotatable bonds is 20. The number of amides is 1. The van der Waals surface area contributed by atoms with Crippen molar-refractivity contribution in [3.8, 4) is 17.2 Å². The third kappa shape index (κ3) is 30.0. The van der Waals surface area contributed by atoms with Gasteiger partial charge >= 0.3 is 41.5 Å². The maximum Gasteiger partial charge on any atom is 1.00 e. The van der Waals surface area contributed by atoms with Crippen LogP contribution in [0.1, 0.15) is 99.0 Å². The van der Waals surface area contributed by atoms with E-state index in [1.165, 1.54) is 68.5 Å². The summed E-state index contributed by atoms with van der Waals surface area (Å²) in [4.78, 5) is 56.2. The van der Waals surface area contributed by atoms with Gasteiger partial charge in [0.25, 0.3) is 5.91 Å². The molecule has 498 valence electrons. The van der Waals surface area contributed by atoms with E-state index in [9.17, 15) is 19.2 Å². The van der Waals surface area contributed by atoms with Gasteiger partial charge in [-0.1, -0.05) is 78.9 Å². The van der Waals surface area contributed by atoms with E-state index >= 15 is 0 Å². The van der Waals surface area contributed by atoms with Gasteiger partial charge in [0.05, 0.1) is 32.5 Å². The topological polar surface area (TPSA) is 239 Å². The summed E-state index contributed by atoms with van der Waals surface area (Å²) in [5.74, 6) is 4.95. The molecule has 0 aromatic heterocycles. The number of aldehydes is 1. The van der Waals surface area contributed by atoms with E-state index < -0.39 is 5.91 Å². The quantitative estimate of drug-likeness (QED) is 0.0181. The number of carbonyl (C=O) groups is 4. The summed E-state index contributed by atoms with van der Waals surface area (Å²) in [5, 5.41) is 15.2. The van der Waals surface area contributed by atoms with Crippen molar-refractivity contribution in [2.75, 3.05) is 94.4 Å². The molecule has 19 nitrogen and oxygen atoms in total. The number of halogens is 1. The van der Waals surface area contributed by atoms with Crippen molar-refractivity contribution in [1.29, 1.82) is 0 Å². The molecule has 3 heterocycles. The molecule has 6 N–H and O–H groups in total. The van der Waals surface area contributed by atoms with Gasteiger partial charge in [-0.05, 0) is 174 Å². The molecule has 0 saturated carbocycles. The number of nitrogens with two attached hydrogens (primary N) is 1. The van der Waals surface area contributed by atoms with Crippen LogP contribution in [0.5, 0.6) is 17.2 Å². The average molecular weight is 1310 g/mol. The number of nitrogens with one attached hydrogen (secondary N) is 1. The monoisotopic (exact) mass is 1310 g/mol. The molecular formula is C72H94ClN7NaO12-. The van der Waals surface area contributed by atoms with Crippen LogP contribution >= 0.6 is 0 Å². The van der Waals surface area contributed by atoms with E-state index in [0.29, 0.717) is 5.56 Å². The number of carbonyl (C=O) groups excluding carboxylic acids is 4. The Kier molecular flexibility index (Phi) is 40.1. The van der Waals surface area contributed by atoms with Crippen LogP contribution in [0.4, 0.5) is 17.1 Å². The van der Waals surface area contributed by atoms with Crippen molar-refractivity contribution in [3.05, 3.63) is 197 Å². The first kappa shape index (κ1) is 81.6. The smallest absolute Gasteiger partial charge is 1.00 e. The molecule has 0 unspecified atom stereocenters. The third-order valence-electron chi connectivity index (χ3n) is 14.4. The predicted molar refractivity (Wildman–Crippen MR) is 361 cm³/mol. The number of hydroxylamine groups is 1. The number of ether oxygens (including phenoxy) is 5. The zero-order valence-corrected chi connectivity index (χ0v) is 58.2. The van der Waals surface area contributed by atoms with Crippen LogP contribution < -0.4 is 82.3 Å². The Bertz CT molecular complexity index is 3030. The van der Waals surface area contributed by atoms with Gasteiger partial charge in [0.15, 0.2) is 0 Å². The number of nitrogens with zero attached hydrogens (tertiary/aromatic N) is 5. The van der Waals surface area contributed by atoms with Gasteiger partial charge in [0.2, 0.25) is 0 Å². The maximum atomic E-state index is 11.4. The summed E-state index contributed by atoms with van der Waals surface area (Å²) in [7, 11) is 2.78. The van der Waals surface area contributed by atoms with E-state index in [4.69, 9.17) is 29.4 Å². The summed E-state index contributed by atoms with van der Waals surface area (Å²) in [6.07, 6.45) is 14.8. The van der Waals surface area contributed by atoms with Crippen LogP contribution in [0.25, 0.3) is 18.2 Å². The number of hydrogen-bond acceptors (Lipinski definition) is 18. The molecule has 0 spiro atoms.